The Hall–Kier alpha value is -0.470. The lowest BCUT2D eigenvalue weighted by molar-refractivity contribution is 0.0513. The summed E-state index contributed by atoms with van der Waals surface area (Å²) in [6.07, 6.45) is 8.11. The highest BCUT2D eigenvalue weighted by molar-refractivity contribution is 14.0. The summed E-state index contributed by atoms with van der Waals surface area (Å²) >= 11 is 1.99. The van der Waals surface area contributed by atoms with Crippen LogP contribution < -0.4 is 10.6 Å². The lowest BCUT2D eigenvalue weighted by Gasteiger charge is -2.38. The Morgan fingerprint density at radius 1 is 1.23 bits per heavy atom. The molecule has 26 heavy (non-hydrogen) atoms. The average Bonchev–Trinajstić information content (AvgIpc) is 3.14. The molecule has 1 saturated heterocycles. The lowest BCUT2D eigenvalue weighted by Crippen LogP contribution is -2.49. The van der Waals surface area contributed by atoms with E-state index in [2.05, 4.69) is 52.2 Å². The molecule has 0 spiro atoms. The molecule has 2 aliphatic rings. The van der Waals surface area contributed by atoms with Crippen LogP contribution in [0, 0.1) is 0 Å². The molecule has 1 aromatic carbocycles. The van der Waals surface area contributed by atoms with E-state index in [1.165, 1.54) is 24.8 Å². The highest BCUT2D eigenvalue weighted by Crippen LogP contribution is 2.34. The summed E-state index contributed by atoms with van der Waals surface area (Å²) < 4.78 is 5.64. The molecule has 1 aromatic rings. The zero-order valence-corrected chi connectivity index (χ0v) is 19.0. The molecule has 2 N–H and O–H groups in total. The van der Waals surface area contributed by atoms with Crippen molar-refractivity contribution in [1.29, 1.82) is 0 Å². The number of ether oxygens (including phenoxy) is 1. The normalized spacial score (nSPS) is 25.4. The maximum Gasteiger partial charge on any atom is 0.191 e. The highest BCUT2D eigenvalue weighted by Gasteiger charge is 2.34. The van der Waals surface area contributed by atoms with Crippen LogP contribution in [-0.2, 0) is 10.2 Å². The van der Waals surface area contributed by atoms with Crippen molar-refractivity contribution in [2.75, 3.05) is 33.1 Å². The number of rotatable bonds is 5. The Bertz CT molecular complexity index is 563. The van der Waals surface area contributed by atoms with E-state index in [1.807, 2.05) is 18.8 Å². The highest BCUT2D eigenvalue weighted by atomic mass is 127. The molecule has 0 radical (unpaired) electrons. The number of hydrogen-bond acceptors (Lipinski definition) is 3. The third-order valence-corrected chi connectivity index (χ3v) is 6.81. The van der Waals surface area contributed by atoms with Crippen LogP contribution in [0.15, 0.2) is 35.3 Å². The summed E-state index contributed by atoms with van der Waals surface area (Å²) in [6, 6.07) is 11.4. The number of guanidine groups is 1. The van der Waals surface area contributed by atoms with Crippen LogP contribution in [0.5, 0.6) is 0 Å². The predicted octanol–water partition coefficient (Wildman–Crippen LogP) is 3.80. The van der Waals surface area contributed by atoms with Gasteiger partial charge < -0.3 is 15.4 Å². The van der Waals surface area contributed by atoms with Gasteiger partial charge in [0, 0.05) is 43.5 Å². The molecular weight excluding hydrogens is 457 g/mol. The number of hydrogen-bond donors (Lipinski definition) is 2. The van der Waals surface area contributed by atoms with E-state index in [4.69, 9.17) is 4.74 Å². The van der Waals surface area contributed by atoms with Crippen LogP contribution in [0.3, 0.4) is 0 Å². The van der Waals surface area contributed by atoms with Gasteiger partial charge in [-0.3, -0.25) is 4.99 Å². The van der Waals surface area contributed by atoms with Crippen molar-refractivity contribution in [2.24, 2.45) is 4.99 Å². The van der Waals surface area contributed by atoms with Gasteiger partial charge in [0.25, 0.3) is 0 Å². The number of nitrogens with zero attached hydrogens (tertiary/aromatic N) is 1. The number of benzene rings is 1. The molecule has 1 saturated carbocycles. The Kier molecular flexibility index (Phi) is 9.03. The Morgan fingerprint density at radius 3 is 2.58 bits per heavy atom. The van der Waals surface area contributed by atoms with Crippen molar-refractivity contribution < 1.29 is 4.74 Å². The van der Waals surface area contributed by atoms with Crippen LogP contribution in [0.1, 0.15) is 37.7 Å². The number of aliphatic imine (C=N–C) groups is 1. The fourth-order valence-corrected chi connectivity index (χ4v) is 4.84. The first-order valence-corrected chi connectivity index (χ1v) is 10.7. The topological polar surface area (TPSA) is 45.7 Å². The molecular formula is C20H32IN3OS. The van der Waals surface area contributed by atoms with Crippen LogP contribution in [-0.4, -0.2) is 50.3 Å². The van der Waals surface area contributed by atoms with Crippen LogP contribution in [0.25, 0.3) is 0 Å². The standard InChI is InChI=1S/C20H31N3OS.HI/c1-21-19(23-17-8-9-18(14-17)25-2)22-15-20(10-12-24-13-11-20)16-6-4-3-5-7-16;/h3-7,17-18H,8-15H2,1-2H3,(H2,21,22,23);1H. The first kappa shape index (κ1) is 21.8. The largest absolute Gasteiger partial charge is 0.381 e. The van der Waals surface area contributed by atoms with Gasteiger partial charge in [0.2, 0.25) is 0 Å². The monoisotopic (exact) mass is 489 g/mol. The van der Waals surface area contributed by atoms with E-state index in [9.17, 15) is 0 Å². The molecule has 0 bridgehead atoms. The van der Waals surface area contributed by atoms with Crippen molar-refractivity contribution in [3.63, 3.8) is 0 Å². The average molecular weight is 489 g/mol. The Labute approximate surface area is 179 Å². The molecule has 1 aliphatic carbocycles. The van der Waals surface area contributed by atoms with E-state index in [1.54, 1.807) is 0 Å². The third kappa shape index (κ3) is 5.52. The van der Waals surface area contributed by atoms with Crippen molar-refractivity contribution >= 4 is 41.7 Å². The van der Waals surface area contributed by atoms with Crippen molar-refractivity contribution in [1.82, 2.24) is 10.6 Å². The van der Waals surface area contributed by atoms with Gasteiger partial charge in [-0.15, -0.1) is 24.0 Å². The maximum absolute atomic E-state index is 5.64. The molecule has 4 nitrogen and oxygen atoms in total. The van der Waals surface area contributed by atoms with Gasteiger partial charge in [-0.2, -0.15) is 11.8 Å². The van der Waals surface area contributed by atoms with E-state index >= 15 is 0 Å². The first-order valence-electron chi connectivity index (χ1n) is 9.39. The SMILES string of the molecule is CN=C(NCC1(c2ccccc2)CCOCC1)NC1CCC(SC)C1.I. The Morgan fingerprint density at radius 2 is 1.96 bits per heavy atom. The molecule has 1 heterocycles. The quantitative estimate of drug-likeness (QED) is 0.375. The minimum absolute atomic E-state index is 0. The molecule has 1 aliphatic heterocycles. The third-order valence-electron chi connectivity index (χ3n) is 5.71. The zero-order chi connectivity index (χ0) is 17.5. The smallest absolute Gasteiger partial charge is 0.191 e. The second-order valence-corrected chi connectivity index (χ2v) is 8.33. The molecule has 3 rings (SSSR count). The molecule has 146 valence electrons. The van der Waals surface area contributed by atoms with Crippen molar-refractivity contribution in [3.05, 3.63) is 35.9 Å². The summed E-state index contributed by atoms with van der Waals surface area (Å²) in [5.74, 6) is 0.938. The fraction of sp³-hybridized carbons (Fsp3) is 0.650. The van der Waals surface area contributed by atoms with Crippen LogP contribution in [0.4, 0.5) is 0 Å². The first-order chi connectivity index (χ1) is 12.3. The summed E-state index contributed by atoms with van der Waals surface area (Å²) in [7, 11) is 1.87. The van der Waals surface area contributed by atoms with E-state index in [0.29, 0.717) is 6.04 Å². The molecule has 2 atom stereocenters. The van der Waals surface area contributed by atoms with E-state index in [0.717, 1.165) is 43.8 Å². The van der Waals surface area contributed by atoms with Crippen LogP contribution >= 0.6 is 35.7 Å². The predicted molar refractivity (Wildman–Crippen MR) is 123 cm³/mol. The van der Waals surface area contributed by atoms with E-state index < -0.39 is 0 Å². The second kappa shape index (κ2) is 10.8. The Balaban J connectivity index is 0.00000243. The minimum atomic E-state index is 0. The number of halogens is 1. The molecule has 6 heteroatoms. The summed E-state index contributed by atoms with van der Waals surface area (Å²) in [5, 5.41) is 8.04. The van der Waals surface area contributed by atoms with E-state index in [-0.39, 0.29) is 29.4 Å². The number of thioether (sulfide) groups is 1. The fourth-order valence-electron chi connectivity index (χ4n) is 4.05. The summed E-state index contributed by atoms with van der Waals surface area (Å²) in [4.78, 5) is 4.47. The summed E-state index contributed by atoms with van der Waals surface area (Å²) in [5.41, 5.74) is 1.54. The molecule has 2 fully saturated rings. The van der Waals surface area contributed by atoms with Crippen LogP contribution in [0.2, 0.25) is 0 Å². The minimum Gasteiger partial charge on any atom is -0.381 e. The second-order valence-electron chi connectivity index (χ2n) is 7.20. The van der Waals surface area contributed by atoms with Crippen molar-refractivity contribution in [2.45, 2.75) is 48.8 Å². The van der Waals surface area contributed by atoms with Gasteiger partial charge in [-0.1, -0.05) is 30.3 Å². The van der Waals surface area contributed by atoms with Crippen molar-refractivity contribution in [3.8, 4) is 0 Å². The summed E-state index contributed by atoms with van der Waals surface area (Å²) in [6.45, 7) is 2.57. The molecule has 0 aromatic heterocycles. The zero-order valence-electron chi connectivity index (χ0n) is 15.9. The van der Waals surface area contributed by atoms with Gasteiger partial charge in [-0.25, -0.2) is 0 Å². The lowest BCUT2D eigenvalue weighted by atomic mass is 9.74. The number of nitrogens with one attached hydrogen (secondary N) is 2. The van der Waals surface area contributed by atoms with Gasteiger partial charge in [-0.05, 0) is 43.9 Å². The van der Waals surface area contributed by atoms with Gasteiger partial charge in [0.15, 0.2) is 5.96 Å². The van der Waals surface area contributed by atoms with Gasteiger partial charge in [0.05, 0.1) is 0 Å². The molecule has 0 amide bonds. The maximum atomic E-state index is 5.64. The van der Waals surface area contributed by atoms with Gasteiger partial charge >= 0.3 is 0 Å². The molecule has 2 unspecified atom stereocenters. The van der Waals surface area contributed by atoms with Gasteiger partial charge in [0.1, 0.15) is 0 Å².